The molecular formula is C12H25NO2S. The maximum Gasteiger partial charge on any atom is 0.155 e. The Kier molecular flexibility index (Phi) is 5.25. The molecule has 16 heavy (non-hydrogen) atoms. The molecule has 1 fully saturated rings. The zero-order chi connectivity index (χ0) is 12.2. The van der Waals surface area contributed by atoms with Crippen LogP contribution in [0.3, 0.4) is 0 Å². The van der Waals surface area contributed by atoms with Crippen LogP contribution in [0.4, 0.5) is 0 Å². The zero-order valence-corrected chi connectivity index (χ0v) is 11.5. The second kappa shape index (κ2) is 6.01. The van der Waals surface area contributed by atoms with E-state index in [1.165, 1.54) is 0 Å². The summed E-state index contributed by atoms with van der Waals surface area (Å²) in [6.45, 7) is 6.80. The van der Waals surface area contributed by atoms with Gasteiger partial charge in [-0.15, -0.1) is 0 Å². The lowest BCUT2D eigenvalue weighted by molar-refractivity contribution is 0.376. The summed E-state index contributed by atoms with van der Waals surface area (Å²) >= 11 is 0. The van der Waals surface area contributed by atoms with E-state index in [2.05, 4.69) is 12.2 Å². The number of nitrogens with one attached hydrogen (secondary N) is 1. The predicted molar refractivity (Wildman–Crippen MR) is 68.4 cm³/mol. The van der Waals surface area contributed by atoms with Crippen molar-refractivity contribution in [1.82, 2.24) is 5.32 Å². The fraction of sp³-hybridized carbons (Fsp3) is 1.00. The molecule has 1 N–H and O–H groups in total. The summed E-state index contributed by atoms with van der Waals surface area (Å²) in [6, 6.07) is 0.405. The maximum atomic E-state index is 12.2. The van der Waals surface area contributed by atoms with E-state index in [1.807, 2.05) is 13.8 Å². The molecule has 0 bridgehead atoms. The second-order valence-corrected chi connectivity index (χ2v) is 7.50. The average molecular weight is 247 g/mol. The van der Waals surface area contributed by atoms with E-state index in [0.717, 1.165) is 38.6 Å². The van der Waals surface area contributed by atoms with Crippen LogP contribution in [0.25, 0.3) is 0 Å². The van der Waals surface area contributed by atoms with Gasteiger partial charge in [0.2, 0.25) is 0 Å². The van der Waals surface area contributed by atoms with Crippen molar-refractivity contribution in [2.75, 3.05) is 6.54 Å². The van der Waals surface area contributed by atoms with Crippen molar-refractivity contribution in [2.45, 2.75) is 69.4 Å². The van der Waals surface area contributed by atoms with Gasteiger partial charge in [0, 0.05) is 6.04 Å². The first kappa shape index (κ1) is 14.0. The first-order valence-corrected chi connectivity index (χ1v) is 8.09. The lowest BCUT2D eigenvalue weighted by atomic mass is 9.95. The van der Waals surface area contributed by atoms with Gasteiger partial charge in [-0.3, -0.25) is 0 Å². The van der Waals surface area contributed by atoms with Gasteiger partial charge < -0.3 is 5.32 Å². The largest absolute Gasteiger partial charge is 0.314 e. The van der Waals surface area contributed by atoms with Crippen molar-refractivity contribution >= 4 is 9.84 Å². The molecular weight excluding hydrogens is 222 g/mol. The molecule has 0 aromatic heterocycles. The fourth-order valence-corrected chi connectivity index (χ4v) is 4.60. The van der Waals surface area contributed by atoms with E-state index < -0.39 is 9.84 Å². The molecule has 1 rings (SSSR count). The first-order chi connectivity index (χ1) is 7.52. The Morgan fingerprint density at radius 1 is 1.31 bits per heavy atom. The van der Waals surface area contributed by atoms with Crippen molar-refractivity contribution in [1.29, 1.82) is 0 Å². The minimum Gasteiger partial charge on any atom is -0.314 e. The van der Waals surface area contributed by atoms with Gasteiger partial charge >= 0.3 is 0 Å². The number of hydrogen-bond acceptors (Lipinski definition) is 3. The van der Waals surface area contributed by atoms with Crippen molar-refractivity contribution in [2.24, 2.45) is 0 Å². The maximum absolute atomic E-state index is 12.2. The van der Waals surface area contributed by atoms with E-state index in [9.17, 15) is 8.42 Å². The molecule has 0 aromatic rings. The third kappa shape index (κ3) is 3.20. The predicted octanol–water partition coefficient (Wildman–Crippen LogP) is 2.12. The van der Waals surface area contributed by atoms with Crippen LogP contribution in [-0.4, -0.2) is 31.5 Å². The highest BCUT2D eigenvalue weighted by molar-refractivity contribution is 7.92. The van der Waals surface area contributed by atoms with Crippen LogP contribution in [0.2, 0.25) is 0 Å². The van der Waals surface area contributed by atoms with Gasteiger partial charge in [0.25, 0.3) is 0 Å². The molecule has 0 saturated heterocycles. The molecule has 96 valence electrons. The summed E-state index contributed by atoms with van der Waals surface area (Å²) in [5, 5.41) is 3.09. The lowest BCUT2D eigenvalue weighted by Gasteiger charge is -2.31. The van der Waals surface area contributed by atoms with Crippen molar-refractivity contribution in [3.8, 4) is 0 Å². The Balaban J connectivity index is 2.66. The molecule has 0 aliphatic heterocycles. The van der Waals surface area contributed by atoms with Gasteiger partial charge in [0.15, 0.2) is 9.84 Å². The summed E-state index contributed by atoms with van der Waals surface area (Å²) in [7, 11) is -2.90. The molecule has 0 aromatic carbocycles. The molecule has 1 saturated carbocycles. The zero-order valence-electron chi connectivity index (χ0n) is 10.7. The third-order valence-corrected chi connectivity index (χ3v) is 6.53. The van der Waals surface area contributed by atoms with Crippen molar-refractivity contribution in [3.63, 3.8) is 0 Å². The lowest BCUT2D eigenvalue weighted by Crippen LogP contribution is -2.41. The van der Waals surface area contributed by atoms with Gasteiger partial charge in [0.05, 0.1) is 10.5 Å². The summed E-state index contributed by atoms with van der Waals surface area (Å²) in [5.74, 6) is 0. The molecule has 0 spiro atoms. The Morgan fingerprint density at radius 2 is 2.00 bits per heavy atom. The van der Waals surface area contributed by atoms with Gasteiger partial charge in [-0.25, -0.2) is 8.42 Å². The van der Waals surface area contributed by atoms with E-state index >= 15 is 0 Å². The normalized spacial score (nSPS) is 28.9. The van der Waals surface area contributed by atoms with Crippen LogP contribution >= 0.6 is 0 Å². The van der Waals surface area contributed by atoms with Crippen molar-refractivity contribution in [3.05, 3.63) is 0 Å². The van der Waals surface area contributed by atoms with Gasteiger partial charge in [0.1, 0.15) is 0 Å². The highest BCUT2D eigenvalue weighted by atomic mass is 32.2. The second-order valence-electron chi connectivity index (χ2n) is 4.85. The highest BCUT2D eigenvalue weighted by Crippen LogP contribution is 2.27. The fourth-order valence-electron chi connectivity index (χ4n) is 2.48. The summed E-state index contributed by atoms with van der Waals surface area (Å²) in [4.78, 5) is 0. The van der Waals surface area contributed by atoms with Crippen LogP contribution in [0.15, 0.2) is 0 Å². The highest BCUT2D eigenvalue weighted by Gasteiger charge is 2.34. The van der Waals surface area contributed by atoms with Crippen LogP contribution in [0, 0.1) is 0 Å². The van der Waals surface area contributed by atoms with E-state index in [4.69, 9.17) is 0 Å². The molecule has 0 heterocycles. The third-order valence-electron chi connectivity index (χ3n) is 3.72. The molecule has 4 heteroatoms. The van der Waals surface area contributed by atoms with Gasteiger partial charge in [-0.05, 0) is 39.2 Å². The minimum absolute atomic E-state index is 0.111. The van der Waals surface area contributed by atoms with Crippen LogP contribution < -0.4 is 5.32 Å². The average Bonchev–Trinajstić information content (AvgIpc) is 2.28. The van der Waals surface area contributed by atoms with E-state index in [-0.39, 0.29) is 10.5 Å². The van der Waals surface area contributed by atoms with E-state index in [1.54, 1.807) is 0 Å². The molecule has 1 aliphatic carbocycles. The topological polar surface area (TPSA) is 46.2 Å². The summed E-state index contributed by atoms with van der Waals surface area (Å²) < 4.78 is 24.5. The molecule has 0 amide bonds. The van der Waals surface area contributed by atoms with Crippen LogP contribution in [0.1, 0.15) is 52.9 Å². The molecule has 3 atom stereocenters. The number of rotatable bonds is 5. The Hall–Kier alpha value is -0.0900. The Labute approximate surface area is 99.9 Å². The summed E-state index contributed by atoms with van der Waals surface area (Å²) in [6.07, 6.45) is 4.55. The first-order valence-electron chi connectivity index (χ1n) is 6.48. The Morgan fingerprint density at radius 3 is 2.56 bits per heavy atom. The number of sulfone groups is 1. The molecule has 3 unspecified atom stereocenters. The molecule has 0 radical (unpaired) electrons. The van der Waals surface area contributed by atoms with Crippen LogP contribution in [0.5, 0.6) is 0 Å². The SMILES string of the molecule is CCNC1CCCC(S(=O)(=O)C(C)CC)C1. The van der Waals surface area contributed by atoms with E-state index in [0.29, 0.717) is 6.04 Å². The summed E-state index contributed by atoms with van der Waals surface area (Å²) in [5.41, 5.74) is 0. The smallest absolute Gasteiger partial charge is 0.155 e. The monoisotopic (exact) mass is 247 g/mol. The standard InChI is InChI=1S/C12H25NO2S/c1-4-10(3)16(14,15)12-8-6-7-11(9-12)13-5-2/h10-13H,4-9H2,1-3H3. The quantitative estimate of drug-likeness (QED) is 0.809. The molecule has 1 aliphatic rings. The Bertz CT molecular complexity index is 298. The van der Waals surface area contributed by atoms with Crippen LogP contribution in [-0.2, 0) is 9.84 Å². The van der Waals surface area contributed by atoms with Crippen molar-refractivity contribution < 1.29 is 8.42 Å². The number of hydrogen-bond donors (Lipinski definition) is 1. The van der Waals surface area contributed by atoms with Gasteiger partial charge in [-0.2, -0.15) is 0 Å². The molecule has 3 nitrogen and oxygen atoms in total. The van der Waals surface area contributed by atoms with Gasteiger partial charge in [-0.1, -0.05) is 20.3 Å². The minimum atomic E-state index is -2.90.